The van der Waals surface area contributed by atoms with E-state index in [0.717, 1.165) is 42.9 Å². The van der Waals surface area contributed by atoms with E-state index in [-0.39, 0.29) is 28.9 Å². The Hall–Kier alpha value is -2.38. The first-order valence-electron chi connectivity index (χ1n) is 15.7. The topological polar surface area (TPSA) is 64.6 Å². The van der Waals surface area contributed by atoms with Crippen LogP contribution in [0.3, 0.4) is 0 Å². The van der Waals surface area contributed by atoms with Crippen molar-refractivity contribution in [2.24, 2.45) is 5.92 Å². The quantitative estimate of drug-likeness (QED) is 0.145. The van der Waals surface area contributed by atoms with E-state index in [1.165, 1.54) is 57.9 Å². The summed E-state index contributed by atoms with van der Waals surface area (Å²) in [5, 5.41) is 2.93. The predicted octanol–water partition coefficient (Wildman–Crippen LogP) is 4.89. The molecule has 0 atom stereocenters. The first-order chi connectivity index (χ1) is 19.5. The van der Waals surface area contributed by atoms with E-state index in [1.807, 2.05) is 18.2 Å². The minimum atomic E-state index is -0.322. The van der Waals surface area contributed by atoms with Crippen molar-refractivity contribution in [1.82, 2.24) is 0 Å². The number of benzene rings is 2. The van der Waals surface area contributed by atoms with E-state index in [1.54, 1.807) is 30.3 Å². The van der Waals surface area contributed by atoms with Crippen molar-refractivity contribution in [1.29, 1.82) is 0 Å². The molecule has 41 heavy (non-hydrogen) atoms. The molecule has 1 N–H and O–H groups in total. The first-order valence-corrected chi connectivity index (χ1v) is 15.7. The lowest BCUT2D eigenvalue weighted by Gasteiger charge is -2.38. The van der Waals surface area contributed by atoms with Crippen LogP contribution >= 0.6 is 0 Å². The SMILES string of the molecule is CCCCCCCCOc1ccccc1C(=O)Nc1ccc(C(=O)OCC[N+](CC)(CC)CC2CCCC2)cc1.[Br-]. The van der Waals surface area contributed by atoms with Crippen molar-refractivity contribution >= 4 is 17.6 Å². The molecule has 1 fully saturated rings. The number of hydrogen-bond acceptors (Lipinski definition) is 4. The number of amides is 1. The number of nitrogens with zero attached hydrogens (tertiary/aromatic N) is 1. The number of hydrogen-bond donors (Lipinski definition) is 1. The number of carbonyl (C=O) groups excluding carboxylic acids is 2. The minimum Gasteiger partial charge on any atom is -1.00 e. The highest BCUT2D eigenvalue weighted by molar-refractivity contribution is 6.06. The van der Waals surface area contributed by atoms with Crippen LogP contribution in [-0.4, -0.2) is 55.8 Å². The number of rotatable bonds is 18. The number of halogens is 1. The molecule has 2 aromatic rings. The number of ether oxygens (including phenoxy) is 2. The van der Waals surface area contributed by atoms with Gasteiger partial charge in [0.1, 0.15) is 18.9 Å². The summed E-state index contributed by atoms with van der Waals surface area (Å²) in [5.41, 5.74) is 1.61. The molecule has 3 rings (SSSR count). The Labute approximate surface area is 258 Å². The lowest BCUT2D eigenvalue weighted by molar-refractivity contribution is -0.928. The number of unbranched alkanes of at least 4 members (excludes halogenated alkanes) is 5. The summed E-state index contributed by atoms with van der Waals surface area (Å²) >= 11 is 0. The molecule has 1 aliphatic rings. The van der Waals surface area contributed by atoms with Gasteiger partial charge in [0.2, 0.25) is 0 Å². The van der Waals surface area contributed by atoms with Gasteiger partial charge < -0.3 is 36.3 Å². The second kappa shape index (κ2) is 18.9. The Morgan fingerprint density at radius 2 is 1.51 bits per heavy atom. The molecule has 0 unspecified atom stereocenters. The van der Waals surface area contributed by atoms with Gasteiger partial charge in [-0.15, -0.1) is 0 Å². The molecule has 7 heteroatoms. The summed E-state index contributed by atoms with van der Waals surface area (Å²) < 4.78 is 12.6. The Balaban J connectivity index is 0.00000588. The summed E-state index contributed by atoms with van der Waals surface area (Å²) in [4.78, 5) is 25.7. The van der Waals surface area contributed by atoms with Crippen LogP contribution in [0.25, 0.3) is 0 Å². The maximum absolute atomic E-state index is 13.0. The highest BCUT2D eigenvalue weighted by Gasteiger charge is 2.30. The van der Waals surface area contributed by atoms with Crippen molar-refractivity contribution in [3.05, 3.63) is 59.7 Å². The number of anilines is 1. The van der Waals surface area contributed by atoms with Gasteiger partial charge in [-0.3, -0.25) is 4.79 Å². The fraction of sp³-hybridized carbons (Fsp3) is 0.588. The molecule has 0 saturated heterocycles. The molecule has 0 spiro atoms. The van der Waals surface area contributed by atoms with Crippen LogP contribution in [0.2, 0.25) is 0 Å². The first kappa shape index (κ1) is 34.8. The summed E-state index contributed by atoms with van der Waals surface area (Å²) in [7, 11) is 0. The van der Waals surface area contributed by atoms with Crippen molar-refractivity contribution < 1.29 is 40.5 Å². The van der Waals surface area contributed by atoms with Gasteiger partial charge in [-0.25, -0.2) is 4.79 Å². The lowest BCUT2D eigenvalue weighted by atomic mass is 10.1. The standard InChI is InChI=1S/C34H50N2O4.BrH/c1-4-7-8-9-10-15-25-39-32-19-14-13-18-31(32)33(37)35-30-22-20-29(21-23-30)34(38)40-26-24-36(5-2,6-3)27-28-16-11-12-17-28;/h13-14,18-23,28H,4-12,15-17,24-27H2,1-3H3;1H. The average Bonchev–Trinajstić information content (AvgIpc) is 3.49. The third kappa shape index (κ3) is 11.4. The van der Waals surface area contributed by atoms with Crippen LogP contribution in [0.15, 0.2) is 48.5 Å². The molecule has 0 aliphatic heterocycles. The van der Waals surface area contributed by atoms with Crippen LogP contribution in [0, 0.1) is 5.92 Å². The smallest absolute Gasteiger partial charge is 0.338 e. The molecule has 1 aliphatic carbocycles. The van der Waals surface area contributed by atoms with Crippen molar-refractivity contribution in [3.8, 4) is 5.75 Å². The third-order valence-electron chi connectivity index (χ3n) is 8.53. The number of nitrogens with one attached hydrogen (secondary N) is 1. The summed E-state index contributed by atoms with van der Waals surface area (Å²) in [6.45, 7) is 11.9. The molecule has 0 heterocycles. The summed E-state index contributed by atoms with van der Waals surface area (Å²) in [6.07, 6.45) is 12.5. The maximum atomic E-state index is 13.0. The highest BCUT2D eigenvalue weighted by Crippen LogP contribution is 2.28. The van der Waals surface area contributed by atoms with E-state index in [4.69, 9.17) is 9.47 Å². The van der Waals surface area contributed by atoms with Crippen molar-refractivity contribution in [2.75, 3.05) is 44.7 Å². The van der Waals surface area contributed by atoms with E-state index in [0.29, 0.717) is 35.8 Å². The molecular weight excluding hydrogens is 580 g/mol. The second-order valence-electron chi connectivity index (χ2n) is 11.3. The van der Waals surface area contributed by atoms with Gasteiger partial charge in [0.25, 0.3) is 5.91 Å². The maximum Gasteiger partial charge on any atom is 0.338 e. The number of carbonyl (C=O) groups is 2. The Morgan fingerprint density at radius 1 is 0.854 bits per heavy atom. The number of para-hydroxylation sites is 1. The summed E-state index contributed by atoms with van der Waals surface area (Å²) in [6, 6.07) is 14.2. The zero-order valence-electron chi connectivity index (χ0n) is 25.5. The van der Waals surface area contributed by atoms with Crippen LogP contribution in [-0.2, 0) is 4.74 Å². The van der Waals surface area contributed by atoms with Gasteiger partial charge in [-0.1, -0.05) is 64.0 Å². The van der Waals surface area contributed by atoms with Crippen LogP contribution in [0.5, 0.6) is 5.75 Å². The molecule has 6 nitrogen and oxygen atoms in total. The van der Waals surface area contributed by atoms with Gasteiger partial charge in [-0.2, -0.15) is 0 Å². The lowest BCUT2D eigenvalue weighted by Crippen LogP contribution is -3.00. The normalized spacial score (nSPS) is 13.4. The molecular formula is C34H51BrN2O4. The predicted molar refractivity (Wildman–Crippen MR) is 163 cm³/mol. The molecule has 1 amide bonds. The molecule has 0 bridgehead atoms. The average molecular weight is 632 g/mol. The van der Waals surface area contributed by atoms with E-state index < -0.39 is 0 Å². The molecule has 2 aromatic carbocycles. The van der Waals surface area contributed by atoms with Crippen LogP contribution in [0.1, 0.15) is 106 Å². The van der Waals surface area contributed by atoms with E-state index >= 15 is 0 Å². The van der Waals surface area contributed by atoms with Crippen LogP contribution < -0.4 is 27.0 Å². The van der Waals surface area contributed by atoms with Gasteiger partial charge in [0.05, 0.1) is 37.4 Å². The highest BCUT2D eigenvalue weighted by atomic mass is 79.9. The molecule has 0 radical (unpaired) electrons. The zero-order valence-corrected chi connectivity index (χ0v) is 27.1. The Morgan fingerprint density at radius 3 is 2.20 bits per heavy atom. The van der Waals surface area contributed by atoms with Gasteiger partial charge >= 0.3 is 5.97 Å². The molecule has 0 aromatic heterocycles. The monoisotopic (exact) mass is 630 g/mol. The Bertz CT molecular complexity index is 1030. The number of esters is 1. The van der Waals surface area contributed by atoms with Gasteiger partial charge in [0, 0.05) is 11.6 Å². The Kier molecular flexibility index (Phi) is 16.1. The van der Waals surface area contributed by atoms with Gasteiger partial charge in [0.15, 0.2) is 0 Å². The third-order valence-corrected chi connectivity index (χ3v) is 8.53. The van der Waals surface area contributed by atoms with Crippen molar-refractivity contribution in [3.63, 3.8) is 0 Å². The number of likely N-dealkylation sites (N-methyl/N-ethyl adjacent to an activating group) is 1. The fourth-order valence-corrected chi connectivity index (χ4v) is 5.78. The summed E-state index contributed by atoms with van der Waals surface area (Å²) in [5.74, 6) is 0.842. The number of quaternary nitrogens is 1. The second-order valence-corrected chi connectivity index (χ2v) is 11.3. The van der Waals surface area contributed by atoms with Crippen molar-refractivity contribution in [2.45, 2.75) is 85.0 Å². The molecule has 1 saturated carbocycles. The van der Waals surface area contributed by atoms with Gasteiger partial charge in [-0.05, 0) is 69.5 Å². The minimum absolute atomic E-state index is 0. The van der Waals surface area contributed by atoms with E-state index in [2.05, 4.69) is 26.1 Å². The largest absolute Gasteiger partial charge is 1.00 e. The molecule has 228 valence electrons. The fourth-order valence-electron chi connectivity index (χ4n) is 5.78. The van der Waals surface area contributed by atoms with E-state index in [9.17, 15) is 9.59 Å². The zero-order chi connectivity index (χ0) is 28.6. The van der Waals surface area contributed by atoms with Crippen LogP contribution in [0.4, 0.5) is 5.69 Å².